The lowest BCUT2D eigenvalue weighted by molar-refractivity contribution is 0.486. The summed E-state index contributed by atoms with van der Waals surface area (Å²) >= 11 is 0. The van der Waals surface area contributed by atoms with E-state index in [1.807, 2.05) is 79.1 Å². The summed E-state index contributed by atoms with van der Waals surface area (Å²) in [5, 5.41) is 41.2. The van der Waals surface area contributed by atoms with Crippen LogP contribution in [0.15, 0.2) is 310 Å². The van der Waals surface area contributed by atoms with Crippen LogP contribution in [-0.4, -0.2) is 4.98 Å². The lowest BCUT2D eigenvalue weighted by Gasteiger charge is -2.22. The molecule has 0 radical (unpaired) electrons. The van der Waals surface area contributed by atoms with E-state index in [2.05, 4.69) is 248 Å². The number of fused-ring (bicyclic) bond motifs is 5. The molecule has 2 aliphatic heterocycles. The molecule has 0 saturated heterocycles. The van der Waals surface area contributed by atoms with Gasteiger partial charge in [-0.15, -0.1) is 0 Å². The molecule has 21 rings (SSSR count). The Kier molecular flexibility index (Phi) is 12.1. The number of hydrogen-bond donors (Lipinski definition) is 0. The van der Waals surface area contributed by atoms with Gasteiger partial charge in [0, 0.05) is 39.9 Å². The molecule has 3 heterocycles. The molecule has 0 amide bonds. The molecule has 19 aromatic rings. The van der Waals surface area contributed by atoms with E-state index in [0.717, 1.165) is 83.5 Å². The van der Waals surface area contributed by atoms with E-state index in [0.29, 0.717) is 11.1 Å². The van der Waals surface area contributed by atoms with Crippen LogP contribution in [0, 0.1) is 22.7 Å². The number of nitrogens with zero attached hydrogens (tertiary/aromatic N) is 3. The normalized spacial score (nSPS) is 12.0. The highest BCUT2D eigenvalue weighted by molar-refractivity contribution is 6.26. The second-order valence-corrected chi connectivity index (χ2v) is 25.9. The van der Waals surface area contributed by atoms with Gasteiger partial charge in [0.15, 0.2) is 0 Å². The lowest BCUT2D eigenvalue weighted by Crippen LogP contribution is -1.98. The Hall–Kier alpha value is -13.5. The summed E-state index contributed by atoms with van der Waals surface area (Å²) in [7, 11) is 0. The van der Waals surface area contributed by atoms with Crippen molar-refractivity contribution in [2.45, 2.75) is 0 Å². The minimum Gasteiger partial charge on any atom is -0.456 e. The summed E-state index contributed by atoms with van der Waals surface area (Å²) < 4.78 is 12.6. The number of aromatic nitrogens is 1. The Labute approximate surface area is 563 Å². The Balaban J connectivity index is 0.000000133. The molecular formula is C93H51N3O2. The fourth-order valence-corrected chi connectivity index (χ4v) is 15.9. The molecular weight excluding hydrogens is 1190 g/mol. The van der Waals surface area contributed by atoms with Crippen molar-refractivity contribution in [3.05, 3.63) is 321 Å². The smallest absolute Gasteiger partial charge is 0.136 e. The fraction of sp³-hybridized carbons (Fsp3) is 0. The molecule has 0 bridgehead atoms. The zero-order chi connectivity index (χ0) is 64.7. The van der Waals surface area contributed by atoms with Crippen molar-refractivity contribution in [2.75, 3.05) is 0 Å². The summed E-state index contributed by atoms with van der Waals surface area (Å²) in [6, 6.07) is 111. The Morgan fingerprint density at radius 1 is 0.224 bits per heavy atom. The Morgan fingerprint density at radius 3 is 1.03 bits per heavy atom. The van der Waals surface area contributed by atoms with Gasteiger partial charge in [-0.25, -0.2) is 0 Å². The van der Waals surface area contributed by atoms with Crippen molar-refractivity contribution >= 4 is 97.0 Å². The third kappa shape index (κ3) is 8.68. The van der Waals surface area contributed by atoms with Crippen molar-refractivity contribution in [2.24, 2.45) is 0 Å². The summed E-state index contributed by atoms with van der Waals surface area (Å²) in [4.78, 5) is 4.33. The minimum atomic E-state index is 0.594. The molecule has 450 valence electrons. The second kappa shape index (κ2) is 21.5. The van der Waals surface area contributed by atoms with Gasteiger partial charge < -0.3 is 9.47 Å². The largest absolute Gasteiger partial charge is 0.456 e. The first-order valence-electron chi connectivity index (χ1n) is 33.0. The molecule has 5 heteroatoms. The quantitative estimate of drug-likeness (QED) is 0.155. The molecule has 0 spiro atoms. The Bertz CT molecular complexity index is 6540. The second-order valence-electron chi connectivity index (χ2n) is 25.9. The van der Waals surface area contributed by atoms with Crippen LogP contribution in [0.4, 0.5) is 0 Å². The third-order valence-electron chi connectivity index (χ3n) is 20.5. The van der Waals surface area contributed by atoms with E-state index in [9.17, 15) is 10.5 Å². The van der Waals surface area contributed by atoms with Crippen LogP contribution >= 0.6 is 0 Å². The lowest BCUT2D eigenvalue weighted by atomic mass is 9.88. The van der Waals surface area contributed by atoms with E-state index >= 15 is 0 Å². The number of pyridine rings is 1. The van der Waals surface area contributed by atoms with Crippen molar-refractivity contribution in [1.82, 2.24) is 4.98 Å². The van der Waals surface area contributed by atoms with Crippen LogP contribution in [0.3, 0.4) is 0 Å². The highest BCUT2D eigenvalue weighted by Crippen LogP contribution is 2.52. The van der Waals surface area contributed by atoms with Crippen molar-refractivity contribution in [3.63, 3.8) is 0 Å². The SMILES string of the molecule is N#Cc1ccc2c(c1)Oc1cccc3c(-c4ccc(-c5cc6ccc7cc(-c8cccc9ccccc89)cc8ccc(c5)c6c78)cc4)ccc-2c13.N#Cc1ccc2c(c1)Oc1cccc3c(-c4ccc(-c5cc6ccc7cc(-c8cccnc8)cc8ccc(c5)c6c78)cc4)ccc-2c13. The number of rotatable bonds is 6. The van der Waals surface area contributed by atoms with Crippen molar-refractivity contribution < 1.29 is 9.47 Å². The molecule has 0 saturated carbocycles. The van der Waals surface area contributed by atoms with Crippen LogP contribution in [0.1, 0.15) is 11.1 Å². The van der Waals surface area contributed by atoms with Crippen LogP contribution < -0.4 is 9.47 Å². The predicted octanol–water partition coefficient (Wildman–Crippen LogP) is 25.3. The predicted molar refractivity (Wildman–Crippen MR) is 404 cm³/mol. The maximum absolute atomic E-state index is 9.41. The first kappa shape index (κ1) is 55.0. The topological polar surface area (TPSA) is 78.9 Å². The number of ether oxygens (including phenoxy) is 2. The van der Waals surface area contributed by atoms with Gasteiger partial charge >= 0.3 is 0 Å². The zero-order valence-corrected chi connectivity index (χ0v) is 52.6. The average Bonchev–Trinajstić information content (AvgIpc) is 0.752. The summed E-state index contributed by atoms with van der Waals surface area (Å²) in [5.74, 6) is 3.09. The van der Waals surface area contributed by atoms with E-state index in [1.165, 1.54) is 125 Å². The summed E-state index contributed by atoms with van der Waals surface area (Å²) in [6.45, 7) is 0. The van der Waals surface area contributed by atoms with Gasteiger partial charge in [-0.2, -0.15) is 10.5 Å². The summed E-state index contributed by atoms with van der Waals surface area (Å²) in [5.41, 5.74) is 19.8. The van der Waals surface area contributed by atoms with Crippen molar-refractivity contribution in [3.8, 4) is 124 Å². The molecule has 18 aromatic carbocycles. The number of benzene rings is 18. The fourth-order valence-electron chi connectivity index (χ4n) is 15.9. The average molecular weight is 1240 g/mol. The highest BCUT2D eigenvalue weighted by atomic mass is 16.5. The van der Waals surface area contributed by atoms with Crippen LogP contribution in [0.25, 0.3) is 186 Å². The van der Waals surface area contributed by atoms with Gasteiger partial charge in [-0.1, -0.05) is 194 Å². The number of nitriles is 2. The van der Waals surface area contributed by atoms with Crippen LogP contribution in [0.5, 0.6) is 23.0 Å². The molecule has 0 fully saturated rings. The van der Waals surface area contributed by atoms with Gasteiger partial charge in [0.2, 0.25) is 0 Å². The Morgan fingerprint density at radius 2 is 0.592 bits per heavy atom. The van der Waals surface area contributed by atoms with Crippen LogP contribution in [-0.2, 0) is 0 Å². The standard InChI is InChI=1S/C49H27NO.C44H24N2O/c50-28-29-11-20-42-44-22-21-41(43-9-4-10-45(49(43)44)51-46(42)23-29)32-14-12-30(13-15-32)37-24-33-16-18-35-26-38(27-36-19-17-34(25-37)47(33)48(35)36)40-8-3-6-31-5-1-2-7-39(31)40;45-24-26-6-15-37-39-17-16-36(38-4-1-5-40(44(38)39)47-41(37)19-26)28-9-7-27(8-10-28)34-20-29-11-13-31-22-35(33-3-2-18-46-25-33)23-32-14-12-30(21-34)42(29)43(31)32/h1-27H;1-23,25H. The molecule has 98 heavy (non-hydrogen) atoms. The molecule has 0 unspecified atom stereocenters. The zero-order valence-electron chi connectivity index (χ0n) is 52.6. The highest BCUT2D eigenvalue weighted by Gasteiger charge is 2.25. The molecule has 2 aliphatic rings. The number of hydrogen-bond acceptors (Lipinski definition) is 5. The van der Waals surface area contributed by atoms with Crippen LogP contribution in [0.2, 0.25) is 0 Å². The van der Waals surface area contributed by atoms with Gasteiger partial charge in [0.05, 0.1) is 23.3 Å². The first-order chi connectivity index (χ1) is 48.4. The minimum absolute atomic E-state index is 0.594. The van der Waals surface area contributed by atoms with E-state index in [-0.39, 0.29) is 0 Å². The molecule has 5 nitrogen and oxygen atoms in total. The third-order valence-corrected chi connectivity index (χ3v) is 20.5. The van der Waals surface area contributed by atoms with Gasteiger partial charge in [-0.05, 0) is 262 Å². The first-order valence-corrected chi connectivity index (χ1v) is 33.0. The molecule has 0 N–H and O–H groups in total. The maximum Gasteiger partial charge on any atom is 0.136 e. The summed E-state index contributed by atoms with van der Waals surface area (Å²) in [6.07, 6.45) is 3.74. The maximum atomic E-state index is 9.41. The van der Waals surface area contributed by atoms with Gasteiger partial charge in [0.1, 0.15) is 23.0 Å². The monoisotopic (exact) mass is 1240 g/mol. The van der Waals surface area contributed by atoms with E-state index < -0.39 is 0 Å². The van der Waals surface area contributed by atoms with Crippen molar-refractivity contribution in [1.29, 1.82) is 10.5 Å². The molecule has 0 aliphatic carbocycles. The molecule has 0 atom stereocenters. The molecule has 1 aromatic heterocycles. The van der Waals surface area contributed by atoms with E-state index in [4.69, 9.17) is 9.47 Å². The van der Waals surface area contributed by atoms with E-state index in [1.54, 1.807) is 0 Å². The van der Waals surface area contributed by atoms with Gasteiger partial charge in [-0.3, -0.25) is 4.98 Å². The van der Waals surface area contributed by atoms with Gasteiger partial charge in [0.25, 0.3) is 0 Å².